The number of benzene rings is 1. The molecule has 0 bridgehead atoms. The molecular weight excluding hydrogens is 284 g/mol. The lowest BCUT2D eigenvalue weighted by Crippen LogP contribution is -2.52. The second kappa shape index (κ2) is 5.33. The van der Waals surface area contributed by atoms with Crippen LogP contribution in [0.1, 0.15) is 5.56 Å². The molecule has 0 spiro atoms. The minimum Gasteiger partial charge on any atom is -0.465 e. The zero-order valence-electron chi connectivity index (χ0n) is 11.6. The van der Waals surface area contributed by atoms with Gasteiger partial charge in [-0.3, -0.25) is 14.6 Å². The van der Waals surface area contributed by atoms with Gasteiger partial charge < -0.3 is 5.11 Å². The Morgan fingerprint density at radius 3 is 2.77 bits per heavy atom. The summed E-state index contributed by atoms with van der Waals surface area (Å²) in [6.07, 6.45) is -1.09. The first-order chi connectivity index (χ1) is 10.6. The number of carboxylic acid groups (broad SMARTS) is 1. The minimum atomic E-state index is -1.09. The number of anilines is 1. The summed E-state index contributed by atoms with van der Waals surface area (Å²) in [5.74, 6) is 0.196. The van der Waals surface area contributed by atoms with Crippen molar-refractivity contribution in [2.75, 3.05) is 24.5 Å². The van der Waals surface area contributed by atoms with Crippen molar-refractivity contribution in [3.63, 3.8) is 0 Å². The average molecular weight is 296 g/mol. The number of hydrogen-bond acceptors (Lipinski definition) is 4. The summed E-state index contributed by atoms with van der Waals surface area (Å²) in [5.41, 5.74) is 1.23. The van der Waals surface area contributed by atoms with Crippen molar-refractivity contribution in [3.05, 3.63) is 35.9 Å². The summed E-state index contributed by atoms with van der Waals surface area (Å²) in [5, 5.41) is 18.6. The van der Waals surface area contributed by atoms with Crippen molar-refractivity contribution in [1.29, 1.82) is 5.26 Å². The van der Waals surface area contributed by atoms with E-state index in [1.807, 2.05) is 0 Å². The molecule has 3 rings (SSSR count). The number of fused-ring (bicyclic) bond motifs is 1. The highest BCUT2D eigenvalue weighted by Crippen LogP contribution is 2.21. The molecule has 2 amide bonds. The lowest BCUT2D eigenvalue weighted by molar-refractivity contribution is -0.120. The third kappa shape index (κ3) is 2.42. The minimum absolute atomic E-state index is 0.164. The van der Waals surface area contributed by atoms with Crippen LogP contribution in [0.3, 0.4) is 0 Å². The highest BCUT2D eigenvalue weighted by molar-refractivity contribution is 5.97. The van der Waals surface area contributed by atoms with E-state index in [2.05, 4.69) is 11.1 Å². The van der Waals surface area contributed by atoms with Crippen LogP contribution < -0.4 is 4.90 Å². The second-order valence-electron chi connectivity index (χ2n) is 4.94. The van der Waals surface area contributed by atoms with Crippen molar-refractivity contribution in [2.45, 2.75) is 0 Å². The zero-order chi connectivity index (χ0) is 15.7. The van der Waals surface area contributed by atoms with Crippen LogP contribution in [0.4, 0.5) is 10.6 Å². The molecule has 2 aromatic rings. The van der Waals surface area contributed by atoms with Crippen LogP contribution in [0, 0.1) is 11.3 Å². The molecule has 1 saturated heterocycles. The van der Waals surface area contributed by atoms with Crippen LogP contribution in [0.25, 0.3) is 10.9 Å². The number of pyridine rings is 1. The fraction of sp³-hybridized carbons (Fsp3) is 0.200. The number of nitriles is 1. The molecule has 1 aliphatic rings. The van der Waals surface area contributed by atoms with E-state index in [1.165, 1.54) is 4.90 Å². The molecule has 110 valence electrons. The van der Waals surface area contributed by atoms with Crippen molar-refractivity contribution in [2.24, 2.45) is 0 Å². The highest BCUT2D eigenvalue weighted by atomic mass is 16.4. The van der Waals surface area contributed by atoms with E-state index < -0.39 is 6.09 Å². The second-order valence-corrected chi connectivity index (χ2v) is 4.94. The van der Waals surface area contributed by atoms with Gasteiger partial charge in [-0.15, -0.1) is 0 Å². The summed E-state index contributed by atoms with van der Waals surface area (Å²) < 4.78 is 0. The number of aromatic nitrogens is 1. The summed E-state index contributed by atoms with van der Waals surface area (Å²) in [6.45, 7) is 0.372. The Morgan fingerprint density at radius 2 is 2.09 bits per heavy atom. The summed E-state index contributed by atoms with van der Waals surface area (Å²) in [7, 11) is 0. The smallest absolute Gasteiger partial charge is 0.407 e. The lowest BCUT2D eigenvalue weighted by Gasteiger charge is -2.32. The highest BCUT2D eigenvalue weighted by Gasteiger charge is 2.28. The first kappa shape index (κ1) is 13.8. The van der Waals surface area contributed by atoms with Crippen molar-refractivity contribution in [3.8, 4) is 6.07 Å². The van der Waals surface area contributed by atoms with E-state index in [4.69, 9.17) is 10.4 Å². The molecule has 1 fully saturated rings. The molecule has 7 nitrogen and oxygen atoms in total. The van der Waals surface area contributed by atoms with Crippen molar-refractivity contribution >= 4 is 28.7 Å². The Bertz CT molecular complexity index is 812. The first-order valence-electron chi connectivity index (χ1n) is 6.67. The van der Waals surface area contributed by atoms with Gasteiger partial charge >= 0.3 is 6.09 Å². The maximum atomic E-state index is 12.1. The molecular formula is C15H12N4O3. The Kier molecular flexibility index (Phi) is 3.35. The predicted molar refractivity (Wildman–Crippen MR) is 78.4 cm³/mol. The van der Waals surface area contributed by atoms with Gasteiger partial charge in [-0.25, -0.2) is 9.78 Å². The van der Waals surface area contributed by atoms with Crippen LogP contribution in [-0.2, 0) is 4.79 Å². The predicted octanol–water partition coefficient (Wildman–Crippen LogP) is 1.43. The van der Waals surface area contributed by atoms with Gasteiger partial charge in [0.2, 0.25) is 5.91 Å². The normalized spacial score (nSPS) is 15.0. The SMILES string of the molecule is N#Cc1ccc2nc(N3CCN(C(=O)O)CC3=O)ccc2c1. The van der Waals surface area contributed by atoms with Gasteiger partial charge in [0.15, 0.2) is 0 Å². The molecule has 1 aromatic heterocycles. The maximum absolute atomic E-state index is 12.1. The molecule has 0 unspecified atom stereocenters. The quantitative estimate of drug-likeness (QED) is 0.858. The molecule has 1 N–H and O–H groups in total. The van der Waals surface area contributed by atoms with Crippen molar-refractivity contribution in [1.82, 2.24) is 9.88 Å². The van der Waals surface area contributed by atoms with Gasteiger partial charge in [-0.1, -0.05) is 0 Å². The van der Waals surface area contributed by atoms with Gasteiger partial charge in [-0.05, 0) is 30.3 Å². The molecule has 22 heavy (non-hydrogen) atoms. The van der Waals surface area contributed by atoms with Crippen LogP contribution in [-0.4, -0.2) is 46.6 Å². The van der Waals surface area contributed by atoms with Crippen LogP contribution in [0.15, 0.2) is 30.3 Å². The standard InChI is InChI=1S/C15H12N4O3/c16-8-10-1-3-12-11(7-10)2-4-13(17-12)19-6-5-18(15(21)22)9-14(19)20/h1-4,7H,5-6,9H2,(H,21,22). The molecule has 1 aromatic carbocycles. The average Bonchev–Trinajstić information content (AvgIpc) is 2.53. The number of hydrogen-bond donors (Lipinski definition) is 1. The molecule has 0 aliphatic carbocycles. The summed E-state index contributed by atoms with van der Waals surface area (Å²) >= 11 is 0. The first-order valence-corrected chi connectivity index (χ1v) is 6.67. The number of carbonyl (C=O) groups is 2. The van der Waals surface area contributed by atoms with Gasteiger partial charge in [0.1, 0.15) is 12.4 Å². The van der Waals surface area contributed by atoms with Crippen LogP contribution >= 0.6 is 0 Å². The summed E-state index contributed by atoms with van der Waals surface area (Å²) in [6, 6.07) is 10.7. The molecule has 0 saturated carbocycles. The summed E-state index contributed by atoms with van der Waals surface area (Å²) in [4.78, 5) is 30.0. The number of piperazine rings is 1. The van der Waals surface area contributed by atoms with Gasteiger partial charge in [0.05, 0.1) is 17.1 Å². The van der Waals surface area contributed by atoms with Crippen LogP contribution in [0.5, 0.6) is 0 Å². The Hall–Kier alpha value is -3.14. The molecule has 0 atom stereocenters. The number of amides is 2. The van der Waals surface area contributed by atoms with E-state index in [9.17, 15) is 9.59 Å². The Labute approximate surface area is 126 Å². The third-order valence-electron chi connectivity index (χ3n) is 3.57. The van der Waals surface area contributed by atoms with Gasteiger partial charge in [0.25, 0.3) is 0 Å². The van der Waals surface area contributed by atoms with Crippen molar-refractivity contribution < 1.29 is 14.7 Å². The fourth-order valence-corrected chi connectivity index (χ4v) is 2.41. The third-order valence-corrected chi connectivity index (χ3v) is 3.57. The number of carbonyl (C=O) groups excluding carboxylic acids is 1. The van der Waals surface area contributed by atoms with Gasteiger partial charge in [-0.2, -0.15) is 5.26 Å². The van der Waals surface area contributed by atoms with E-state index in [0.717, 1.165) is 10.3 Å². The van der Waals surface area contributed by atoms with E-state index >= 15 is 0 Å². The Balaban J connectivity index is 1.89. The number of nitrogens with zero attached hydrogens (tertiary/aromatic N) is 4. The van der Waals surface area contributed by atoms with Gasteiger partial charge in [0, 0.05) is 18.5 Å². The van der Waals surface area contributed by atoms with E-state index in [1.54, 1.807) is 30.3 Å². The van der Waals surface area contributed by atoms with E-state index in [-0.39, 0.29) is 25.5 Å². The van der Waals surface area contributed by atoms with E-state index in [0.29, 0.717) is 16.9 Å². The Morgan fingerprint density at radius 1 is 1.27 bits per heavy atom. The number of rotatable bonds is 1. The maximum Gasteiger partial charge on any atom is 0.407 e. The fourth-order valence-electron chi connectivity index (χ4n) is 2.41. The topological polar surface area (TPSA) is 97.5 Å². The molecule has 1 aliphatic heterocycles. The zero-order valence-corrected chi connectivity index (χ0v) is 11.6. The molecule has 2 heterocycles. The molecule has 0 radical (unpaired) electrons. The molecule has 7 heteroatoms. The lowest BCUT2D eigenvalue weighted by atomic mass is 10.1. The van der Waals surface area contributed by atoms with Crippen LogP contribution in [0.2, 0.25) is 0 Å². The monoisotopic (exact) mass is 296 g/mol. The largest absolute Gasteiger partial charge is 0.465 e.